The number of phosphoric ester groups is 2. The summed E-state index contributed by atoms with van der Waals surface area (Å²) in [5, 5.41) is 10.7. The molecule has 2 unspecified atom stereocenters. The summed E-state index contributed by atoms with van der Waals surface area (Å²) in [5.41, 5.74) is 0. The minimum atomic E-state index is -4.96. The molecule has 0 heterocycles. The number of carbonyl (C=O) groups excluding carboxylic acids is 4. The van der Waals surface area contributed by atoms with Crippen LogP contribution in [0.15, 0.2) is 0 Å². The van der Waals surface area contributed by atoms with Crippen LogP contribution in [0.2, 0.25) is 0 Å². The molecule has 0 aliphatic rings. The van der Waals surface area contributed by atoms with Crippen LogP contribution >= 0.6 is 15.6 Å². The van der Waals surface area contributed by atoms with Crippen LogP contribution in [-0.4, -0.2) is 96.7 Å². The number of esters is 4. The van der Waals surface area contributed by atoms with Gasteiger partial charge in [0.15, 0.2) is 12.2 Å². The van der Waals surface area contributed by atoms with Gasteiger partial charge >= 0.3 is 39.5 Å². The van der Waals surface area contributed by atoms with Crippen LogP contribution in [0.3, 0.4) is 0 Å². The normalized spacial score (nSPS) is 13.8. The summed E-state index contributed by atoms with van der Waals surface area (Å²) in [6, 6.07) is 0. The number of rotatable bonds is 84. The number of hydrogen-bond acceptors (Lipinski definition) is 15. The fourth-order valence-corrected chi connectivity index (χ4v) is 14.6. The number of hydrogen-bond donors (Lipinski definition) is 3. The first-order valence-electron chi connectivity index (χ1n) is 43.3. The van der Waals surface area contributed by atoms with E-state index >= 15 is 0 Å². The standard InChI is InChI=1S/C83H162O17P2/c1-5-9-13-17-21-25-29-33-37-38-42-46-50-54-58-62-66-70-83(88)100-79(74-94-81(86)68-64-60-56-52-48-44-40-35-31-27-23-19-15-11-7-3)76-98-102(91,92)96-72-77(84)71-95-101(89,90)97-75-78(99-82(87)69-65-61-57-53-49-45-41-36-32-28-24-20-16-12-8-4)73-93-80(85)67-63-59-55-51-47-43-39-34-30-26-22-18-14-10-6-2/h77-79,84H,5-76H2,1-4H3,(H,89,90)(H,91,92)/t77-,78-,79-/m1/s1. The second-order valence-electron chi connectivity index (χ2n) is 29.9. The van der Waals surface area contributed by atoms with Crippen LogP contribution in [0.5, 0.6) is 0 Å². The Hall–Kier alpha value is -1.94. The Morgan fingerprint density at radius 3 is 0.578 bits per heavy atom. The zero-order valence-corrected chi connectivity index (χ0v) is 68.4. The van der Waals surface area contributed by atoms with E-state index in [9.17, 15) is 43.2 Å². The molecule has 0 radical (unpaired) electrons. The Morgan fingerprint density at radius 1 is 0.235 bits per heavy atom. The highest BCUT2D eigenvalue weighted by molar-refractivity contribution is 7.47. The maximum Gasteiger partial charge on any atom is 0.472 e. The summed E-state index contributed by atoms with van der Waals surface area (Å²) >= 11 is 0. The summed E-state index contributed by atoms with van der Waals surface area (Å²) in [6.07, 6.45) is 70.5. The van der Waals surface area contributed by atoms with Gasteiger partial charge in [0, 0.05) is 25.7 Å². The predicted octanol–water partition coefficient (Wildman–Crippen LogP) is 25.4. The van der Waals surface area contributed by atoms with Gasteiger partial charge in [0.25, 0.3) is 0 Å². The molecular weight excluding hydrogens is 1330 g/mol. The monoisotopic (exact) mass is 1490 g/mol. The maximum absolute atomic E-state index is 13.1. The number of carbonyl (C=O) groups is 4. The summed E-state index contributed by atoms with van der Waals surface area (Å²) in [7, 11) is -9.92. The molecule has 0 spiro atoms. The zero-order valence-electron chi connectivity index (χ0n) is 66.6. The molecule has 0 bridgehead atoms. The molecule has 17 nitrogen and oxygen atoms in total. The lowest BCUT2D eigenvalue weighted by Gasteiger charge is -2.21. The molecule has 0 rings (SSSR count). The Bertz CT molecular complexity index is 1930. The highest BCUT2D eigenvalue weighted by Gasteiger charge is 2.30. The Labute approximate surface area is 626 Å². The molecule has 606 valence electrons. The van der Waals surface area contributed by atoms with E-state index in [0.717, 1.165) is 89.9 Å². The quantitative estimate of drug-likeness (QED) is 0.0222. The smallest absolute Gasteiger partial charge is 0.462 e. The van der Waals surface area contributed by atoms with E-state index in [1.807, 2.05) is 0 Å². The van der Waals surface area contributed by atoms with Crippen LogP contribution in [0.25, 0.3) is 0 Å². The van der Waals surface area contributed by atoms with Crippen molar-refractivity contribution in [3.63, 3.8) is 0 Å². The van der Waals surface area contributed by atoms with Crippen molar-refractivity contribution < 1.29 is 80.2 Å². The number of unbranched alkanes of at least 4 members (excludes halogenated alkanes) is 58. The van der Waals surface area contributed by atoms with Crippen molar-refractivity contribution in [2.75, 3.05) is 39.6 Å². The molecule has 0 aliphatic heterocycles. The van der Waals surface area contributed by atoms with Gasteiger partial charge in [-0.25, -0.2) is 9.13 Å². The third-order valence-electron chi connectivity index (χ3n) is 19.6. The SMILES string of the molecule is CCCCCCCCCCCCCCCCCCCC(=O)O[C@H](COC(=O)CCCCCCCCCCCCCCCCC)COP(=O)(O)OC[C@H](O)COP(=O)(O)OC[C@@H](COC(=O)CCCCCCCCCCCCCCCCC)OC(=O)CCCCCCCCCCCCCCCCC. The van der Waals surface area contributed by atoms with Crippen LogP contribution < -0.4 is 0 Å². The molecule has 0 aromatic rings. The van der Waals surface area contributed by atoms with Crippen LogP contribution in [-0.2, 0) is 65.4 Å². The molecule has 5 atom stereocenters. The van der Waals surface area contributed by atoms with Crippen LogP contribution in [0.1, 0.15) is 451 Å². The van der Waals surface area contributed by atoms with Crippen molar-refractivity contribution in [2.45, 2.75) is 470 Å². The second-order valence-corrected chi connectivity index (χ2v) is 32.8. The second kappa shape index (κ2) is 77.2. The highest BCUT2D eigenvalue weighted by atomic mass is 31.2. The Kier molecular flexibility index (Phi) is 75.8. The number of phosphoric acid groups is 2. The van der Waals surface area contributed by atoms with Gasteiger partial charge in [-0.2, -0.15) is 0 Å². The van der Waals surface area contributed by atoms with Crippen LogP contribution in [0, 0.1) is 0 Å². The Balaban J connectivity index is 5.27. The predicted molar refractivity (Wildman–Crippen MR) is 419 cm³/mol. The van der Waals surface area contributed by atoms with E-state index in [1.54, 1.807) is 0 Å². The molecule has 0 saturated carbocycles. The minimum absolute atomic E-state index is 0.109. The number of aliphatic hydroxyl groups excluding tert-OH is 1. The molecule has 0 aromatic carbocycles. The average molecular weight is 1490 g/mol. The van der Waals surface area contributed by atoms with Crippen molar-refractivity contribution in [2.24, 2.45) is 0 Å². The van der Waals surface area contributed by atoms with Gasteiger partial charge in [-0.3, -0.25) is 37.3 Å². The van der Waals surface area contributed by atoms with E-state index in [4.69, 9.17) is 37.0 Å². The van der Waals surface area contributed by atoms with Crippen molar-refractivity contribution in [1.82, 2.24) is 0 Å². The van der Waals surface area contributed by atoms with Gasteiger partial charge in [0.05, 0.1) is 26.4 Å². The van der Waals surface area contributed by atoms with E-state index < -0.39 is 97.5 Å². The van der Waals surface area contributed by atoms with Gasteiger partial charge < -0.3 is 33.8 Å². The summed E-state index contributed by atoms with van der Waals surface area (Å²) in [5.74, 6) is -2.10. The first-order chi connectivity index (χ1) is 49.7. The van der Waals surface area contributed by atoms with Gasteiger partial charge in [-0.1, -0.05) is 400 Å². The molecule has 0 aliphatic carbocycles. The number of aliphatic hydroxyl groups is 1. The topological polar surface area (TPSA) is 237 Å². The average Bonchev–Trinajstić information content (AvgIpc) is 0.917. The first-order valence-corrected chi connectivity index (χ1v) is 46.3. The van der Waals surface area contributed by atoms with E-state index in [-0.39, 0.29) is 25.7 Å². The number of ether oxygens (including phenoxy) is 4. The summed E-state index contributed by atoms with van der Waals surface area (Å²) in [4.78, 5) is 73.2. The lowest BCUT2D eigenvalue weighted by Crippen LogP contribution is -2.30. The molecule has 19 heteroatoms. The first kappa shape index (κ1) is 100. The highest BCUT2D eigenvalue weighted by Crippen LogP contribution is 2.45. The van der Waals surface area contributed by atoms with Crippen molar-refractivity contribution in [1.29, 1.82) is 0 Å². The third-order valence-corrected chi connectivity index (χ3v) is 21.5. The van der Waals surface area contributed by atoms with Crippen LogP contribution in [0.4, 0.5) is 0 Å². The maximum atomic E-state index is 13.1. The third kappa shape index (κ3) is 76.3. The van der Waals surface area contributed by atoms with E-state index in [0.29, 0.717) is 25.7 Å². The van der Waals surface area contributed by atoms with E-state index in [1.165, 1.54) is 283 Å². The minimum Gasteiger partial charge on any atom is -0.462 e. The molecule has 3 N–H and O–H groups in total. The lowest BCUT2D eigenvalue weighted by atomic mass is 10.0. The van der Waals surface area contributed by atoms with Gasteiger partial charge in [-0.05, 0) is 25.7 Å². The molecule has 0 fully saturated rings. The molecule has 0 aromatic heterocycles. The lowest BCUT2D eigenvalue weighted by molar-refractivity contribution is -0.161. The van der Waals surface area contributed by atoms with Gasteiger partial charge in [-0.15, -0.1) is 0 Å². The zero-order chi connectivity index (χ0) is 74.6. The summed E-state index contributed by atoms with van der Waals surface area (Å²) < 4.78 is 68.9. The largest absolute Gasteiger partial charge is 0.472 e. The fourth-order valence-electron chi connectivity index (χ4n) is 13.0. The van der Waals surface area contributed by atoms with Crippen molar-refractivity contribution in [3.8, 4) is 0 Å². The van der Waals surface area contributed by atoms with E-state index in [2.05, 4.69) is 27.7 Å². The molecule has 0 amide bonds. The fraction of sp³-hybridized carbons (Fsp3) is 0.952. The molecule has 0 saturated heterocycles. The summed E-state index contributed by atoms with van der Waals surface area (Å²) in [6.45, 7) is 5.06. The molecule has 102 heavy (non-hydrogen) atoms. The van der Waals surface area contributed by atoms with Crippen molar-refractivity contribution in [3.05, 3.63) is 0 Å². The van der Waals surface area contributed by atoms with Gasteiger partial charge in [0.2, 0.25) is 0 Å². The Morgan fingerprint density at radius 2 is 0.392 bits per heavy atom. The van der Waals surface area contributed by atoms with Crippen molar-refractivity contribution >= 4 is 39.5 Å². The molecular formula is C83H162O17P2. The van der Waals surface area contributed by atoms with Gasteiger partial charge in [0.1, 0.15) is 19.3 Å².